The second-order valence-electron chi connectivity index (χ2n) is 8.56. The number of pyridine rings is 1. The summed E-state index contributed by atoms with van der Waals surface area (Å²) in [6.07, 6.45) is 2.03. The average molecular weight is 405 g/mol. The molecule has 0 saturated heterocycles. The van der Waals surface area contributed by atoms with Crippen molar-refractivity contribution >= 4 is 14.0 Å². The van der Waals surface area contributed by atoms with E-state index in [0.29, 0.717) is 23.2 Å². The van der Waals surface area contributed by atoms with Crippen LogP contribution in [-0.2, 0) is 11.0 Å². The summed E-state index contributed by atoms with van der Waals surface area (Å²) in [5.74, 6) is 6.65. The molecule has 0 amide bonds. The van der Waals surface area contributed by atoms with Crippen LogP contribution in [0.1, 0.15) is 58.5 Å². The average Bonchev–Trinajstić information content (AvgIpc) is 3.04. The van der Waals surface area contributed by atoms with Crippen LogP contribution < -0.4 is 0 Å². The van der Waals surface area contributed by atoms with Crippen molar-refractivity contribution in [2.45, 2.75) is 64.8 Å². The van der Waals surface area contributed by atoms with Gasteiger partial charge in [0.15, 0.2) is 0 Å². The van der Waals surface area contributed by atoms with E-state index in [1.54, 1.807) is 0 Å². The molecule has 3 nitrogen and oxygen atoms in total. The van der Waals surface area contributed by atoms with Crippen molar-refractivity contribution in [1.29, 1.82) is 0 Å². The minimum Gasteiger partial charge on any atom is -0.410 e. The molecule has 3 rings (SSSR count). The standard InChI is InChI=1S/C25H32N2OSi/c1-19(2)29(20(3)4,21(5)6)28-18-23-24(16-15-22-12-8-7-9-13-22)27-17-11-10-14-25(27)26-23/h7-14,17,19-21H,18H2,1-6H3. The van der Waals surface area contributed by atoms with Crippen LogP contribution in [0.4, 0.5) is 0 Å². The zero-order chi connectivity index (χ0) is 21.0. The summed E-state index contributed by atoms with van der Waals surface area (Å²) in [5.41, 5.74) is 5.38. The summed E-state index contributed by atoms with van der Waals surface area (Å²) in [6, 6.07) is 16.1. The molecule has 152 valence electrons. The van der Waals surface area contributed by atoms with Gasteiger partial charge >= 0.3 is 0 Å². The molecule has 0 saturated carbocycles. The topological polar surface area (TPSA) is 26.5 Å². The third-order valence-electron chi connectivity index (χ3n) is 5.87. The highest BCUT2D eigenvalue weighted by Crippen LogP contribution is 2.42. The van der Waals surface area contributed by atoms with E-state index in [2.05, 4.69) is 57.8 Å². The van der Waals surface area contributed by atoms with E-state index in [0.717, 1.165) is 22.6 Å². The molecule has 0 N–H and O–H groups in total. The molecular weight excluding hydrogens is 372 g/mol. The van der Waals surface area contributed by atoms with Gasteiger partial charge in [-0.25, -0.2) is 4.98 Å². The third kappa shape index (κ3) is 4.32. The first-order valence-electron chi connectivity index (χ1n) is 10.5. The van der Waals surface area contributed by atoms with Crippen molar-refractivity contribution in [1.82, 2.24) is 9.38 Å². The van der Waals surface area contributed by atoms with E-state index in [4.69, 9.17) is 9.41 Å². The molecule has 0 aliphatic rings. The van der Waals surface area contributed by atoms with Crippen LogP contribution in [0, 0.1) is 11.8 Å². The van der Waals surface area contributed by atoms with Crippen LogP contribution in [0.25, 0.3) is 5.65 Å². The monoisotopic (exact) mass is 404 g/mol. The van der Waals surface area contributed by atoms with Gasteiger partial charge in [-0.1, -0.05) is 71.7 Å². The lowest BCUT2D eigenvalue weighted by atomic mass is 10.2. The quantitative estimate of drug-likeness (QED) is 0.350. The molecule has 0 bridgehead atoms. The van der Waals surface area contributed by atoms with Crippen molar-refractivity contribution in [3.8, 4) is 11.8 Å². The number of benzene rings is 1. The molecule has 0 atom stereocenters. The lowest BCUT2D eigenvalue weighted by Crippen LogP contribution is -2.47. The Morgan fingerprint density at radius 2 is 1.48 bits per heavy atom. The second kappa shape index (κ2) is 8.98. The fourth-order valence-electron chi connectivity index (χ4n) is 4.62. The molecule has 1 aromatic carbocycles. The summed E-state index contributed by atoms with van der Waals surface area (Å²) >= 11 is 0. The van der Waals surface area contributed by atoms with Crippen molar-refractivity contribution in [3.63, 3.8) is 0 Å². The van der Waals surface area contributed by atoms with Crippen molar-refractivity contribution in [2.75, 3.05) is 0 Å². The number of nitrogens with zero attached hydrogens (tertiary/aromatic N) is 2. The minimum atomic E-state index is -1.97. The predicted octanol–water partition coefficient (Wildman–Crippen LogP) is 6.43. The van der Waals surface area contributed by atoms with Gasteiger partial charge in [-0.2, -0.15) is 0 Å². The zero-order valence-electron chi connectivity index (χ0n) is 18.4. The molecule has 0 unspecified atom stereocenters. The van der Waals surface area contributed by atoms with Gasteiger partial charge < -0.3 is 4.43 Å². The number of fused-ring (bicyclic) bond motifs is 1. The highest BCUT2D eigenvalue weighted by atomic mass is 28.4. The molecule has 0 spiro atoms. The SMILES string of the molecule is CC(C)[Si](OCc1nc2ccccn2c1C#Cc1ccccc1)(C(C)C)C(C)C. The van der Waals surface area contributed by atoms with Gasteiger partial charge in [0.2, 0.25) is 8.32 Å². The first kappa shape index (κ1) is 21.4. The maximum atomic E-state index is 6.82. The number of hydrogen-bond donors (Lipinski definition) is 0. The van der Waals surface area contributed by atoms with E-state index in [1.807, 2.05) is 54.7 Å². The smallest absolute Gasteiger partial charge is 0.200 e. The molecule has 0 radical (unpaired) electrons. The Morgan fingerprint density at radius 3 is 2.10 bits per heavy atom. The third-order valence-corrected chi connectivity index (χ3v) is 11.9. The van der Waals surface area contributed by atoms with Gasteiger partial charge in [0.05, 0.1) is 12.3 Å². The van der Waals surface area contributed by atoms with Crippen molar-refractivity contribution in [3.05, 3.63) is 71.7 Å². The van der Waals surface area contributed by atoms with Crippen LogP contribution in [0.5, 0.6) is 0 Å². The Balaban J connectivity index is 2.00. The maximum Gasteiger partial charge on any atom is 0.200 e. The summed E-state index contributed by atoms with van der Waals surface area (Å²) in [4.78, 5) is 4.86. The summed E-state index contributed by atoms with van der Waals surface area (Å²) < 4.78 is 8.89. The highest BCUT2D eigenvalue weighted by molar-refractivity contribution is 6.77. The van der Waals surface area contributed by atoms with E-state index in [1.165, 1.54) is 0 Å². The van der Waals surface area contributed by atoms with Crippen LogP contribution in [0.2, 0.25) is 16.6 Å². The lowest BCUT2D eigenvalue weighted by Gasteiger charge is -2.42. The normalized spacial score (nSPS) is 12.0. The number of hydrogen-bond acceptors (Lipinski definition) is 2. The molecule has 0 aliphatic heterocycles. The highest BCUT2D eigenvalue weighted by Gasteiger charge is 2.45. The molecule has 0 fully saturated rings. The maximum absolute atomic E-state index is 6.82. The minimum absolute atomic E-state index is 0.515. The lowest BCUT2D eigenvalue weighted by molar-refractivity contribution is 0.262. The Bertz CT molecular complexity index is 988. The van der Waals surface area contributed by atoms with Gasteiger partial charge in [-0.05, 0) is 46.8 Å². The van der Waals surface area contributed by atoms with E-state index >= 15 is 0 Å². The first-order chi connectivity index (χ1) is 13.9. The number of imidazole rings is 1. The zero-order valence-corrected chi connectivity index (χ0v) is 19.4. The Morgan fingerprint density at radius 1 is 0.862 bits per heavy atom. The van der Waals surface area contributed by atoms with Crippen LogP contribution in [0.3, 0.4) is 0 Å². The first-order valence-corrected chi connectivity index (χ1v) is 12.7. The van der Waals surface area contributed by atoms with Crippen LogP contribution in [0.15, 0.2) is 54.7 Å². The van der Waals surface area contributed by atoms with Gasteiger partial charge in [0.1, 0.15) is 11.3 Å². The van der Waals surface area contributed by atoms with Crippen molar-refractivity contribution in [2.24, 2.45) is 0 Å². The number of rotatable bonds is 6. The van der Waals surface area contributed by atoms with Gasteiger partial charge in [-0.3, -0.25) is 4.40 Å². The predicted molar refractivity (Wildman–Crippen MR) is 123 cm³/mol. The van der Waals surface area contributed by atoms with Gasteiger partial charge in [-0.15, -0.1) is 0 Å². The largest absolute Gasteiger partial charge is 0.410 e. The van der Waals surface area contributed by atoms with Crippen LogP contribution in [-0.4, -0.2) is 17.7 Å². The number of aromatic nitrogens is 2. The molecule has 0 aliphatic carbocycles. The molecule has 29 heavy (non-hydrogen) atoms. The van der Waals surface area contributed by atoms with Crippen molar-refractivity contribution < 1.29 is 4.43 Å². The Kier molecular flexibility index (Phi) is 6.62. The summed E-state index contributed by atoms with van der Waals surface area (Å²) in [6.45, 7) is 14.4. The second-order valence-corrected chi connectivity index (χ2v) is 14.0. The Hall–Kier alpha value is -2.35. The van der Waals surface area contributed by atoms with E-state index < -0.39 is 8.32 Å². The summed E-state index contributed by atoms with van der Waals surface area (Å²) in [7, 11) is -1.97. The van der Waals surface area contributed by atoms with Crippen LogP contribution >= 0.6 is 0 Å². The Labute approximate surface area is 176 Å². The fraction of sp³-hybridized carbons (Fsp3) is 0.400. The molecule has 2 heterocycles. The molecule has 3 aromatic rings. The molecule has 4 heteroatoms. The molecule has 2 aromatic heterocycles. The molecular formula is C25H32N2OSi. The van der Waals surface area contributed by atoms with E-state index in [9.17, 15) is 0 Å². The van der Waals surface area contributed by atoms with Gasteiger partial charge in [0, 0.05) is 11.8 Å². The van der Waals surface area contributed by atoms with Gasteiger partial charge in [0.25, 0.3) is 0 Å². The van der Waals surface area contributed by atoms with E-state index in [-0.39, 0.29) is 0 Å². The summed E-state index contributed by atoms with van der Waals surface area (Å²) in [5, 5.41) is 0. The fourth-order valence-corrected chi connectivity index (χ4v) is 10.0.